The molecule has 16 heavy (non-hydrogen) atoms. The quantitative estimate of drug-likeness (QED) is 0.863. The third-order valence-electron chi connectivity index (χ3n) is 2.65. The minimum atomic E-state index is 0.405. The molecule has 0 saturated carbocycles. The fourth-order valence-corrected chi connectivity index (χ4v) is 2.55. The van der Waals surface area contributed by atoms with Gasteiger partial charge in [0.05, 0.1) is 19.3 Å². The van der Waals surface area contributed by atoms with Crippen molar-refractivity contribution < 1.29 is 4.74 Å². The number of nitrogens with one attached hydrogen (secondary N) is 1. The molecule has 1 aromatic heterocycles. The van der Waals surface area contributed by atoms with Gasteiger partial charge in [0.25, 0.3) is 0 Å². The molecule has 4 nitrogen and oxygen atoms in total. The van der Waals surface area contributed by atoms with Crippen LogP contribution in [0.2, 0.25) is 0 Å². The molecule has 0 spiro atoms. The predicted octanol–water partition coefficient (Wildman–Crippen LogP) is 1.35. The first-order valence-corrected chi connectivity index (χ1v) is 6.62. The fourth-order valence-electron chi connectivity index (χ4n) is 1.81. The van der Waals surface area contributed by atoms with Crippen molar-refractivity contribution in [3.05, 3.63) is 11.6 Å². The summed E-state index contributed by atoms with van der Waals surface area (Å²) in [4.78, 5) is 6.73. The van der Waals surface area contributed by atoms with E-state index < -0.39 is 0 Å². The number of hydrogen-bond donors (Lipinski definition) is 1. The van der Waals surface area contributed by atoms with E-state index in [9.17, 15) is 0 Å². The smallest absolute Gasteiger partial charge is 0.185 e. The van der Waals surface area contributed by atoms with Gasteiger partial charge in [0, 0.05) is 30.7 Å². The average molecular weight is 241 g/mol. The van der Waals surface area contributed by atoms with Crippen LogP contribution in [0.3, 0.4) is 0 Å². The van der Waals surface area contributed by atoms with Crippen LogP contribution in [0.25, 0.3) is 0 Å². The number of ether oxygens (including phenoxy) is 1. The highest BCUT2D eigenvalue weighted by Crippen LogP contribution is 2.21. The standard InChI is InChI=1S/C11H19N3OS/c1-9(2)13-7-10-8-15-5-4-14(10)11-12-3-6-16-11/h3,6,9-10,13H,4-5,7-8H2,1-2H3. The molecular weight excluding hydrogens is 222 g/mol. The molecule has 1 fully saturated rings. The summed E-state index contributed by atoms with van der Waals surface area (Å²) in [5, 5.41) is 6.60. The molecule has 1 N–H and O–H groups in total. The summed E-state index contributed by atoms with van der Waals surface area (Å²) in [5.74, 6) is 0. The van der Waals surface area contributed by atoms with Gasteiger partial charge in [-0.3, -0.25) is 0 Å². The Morgan fingerprint density at radius 3 is 3.25 bits per heavy atom. The van der Waals surface area contributed by atoms with Crippen molar-refractivity contribution in [2.24, 2.45) is 0 Å². The van der Waals surface area contributed by atoms with Gasteiger partial charge in [-0.05, 0) is 0 Å². The van der Waals surface area contributed by atoms with Crippen molar-refractivity contribution in [1.29, 1.82) is 0 Å². The molecule has 1 aliphatic rings. The molecule has 1 unspecified atom stereocenters. The Kier molecular flexibility index (Phi) is 4.15. The zero-order valence-electron chi connectivity index (χ0n) is 9.85. The van der Waals surface area contributed by atoms with Gasteiger partial charge in [-0.15, -0.1) is 11.3 Å². The topological polar surface area (TPSA) is 37.4 Å². The highest BCUT2D eigenvalue weighted by molar-refractivity contribution is 7.13. The van der Waals surface area contributed by atoms with Crippen LogP contribution < -0.4 is 10.2 Å². The lowest BCUT2D eigenvalue weighted by atomic mass is 10.2. The SMILES string of the molecule is CC(C)NCC1COCCN1c1nccs1. The Balaban J connectivity index is 1.97. The van der Waals surface area contributed by atoms with Gasteiger partial charge in [-0.2, -0.15) is 0 Å². The first kappa shape index (κ1) is 11.8. The number of morpholine rings is 1. The van der Waals surface area contributed by atoms with E-state index in [1.54, 1.807) is 11.3 Å². The largest absolute Gasteiger partial charge is 0.377 e. The molecular formula is C11H19N3OS. The Morgan fingerprint density at radius 1 is 1.69 bits per heavy atom. The van der Waals surface area contributed by atoms with Crippen LogP contribution in [0, 0.1) is 0 Å². The van der Waals surface area contributed by atoms with E-state index in [1.165, 1.54) is 0 Å². The normalized spacial score (nSPS) is 21.7. The van der Waals surface area contributed by atoms with Crippen LogP contribution in [0.15, 0.2) is 11.6 Å². The van der Waals surface area contributed by atoms with Gasteiger partial charge < -0.3 is 15.0 Å². The molecule has 2 heterocycles. The second-order valence-corrected chi connectivity index (χ2v) is 5.17. The van der Waals surface area contributed by atoms with E-state index in [0.717, 1.165) is 31.4 Å². The van der Waals surface area contributed by atoms with Crippen molar-refractivity contribution >= 4 is 16.5 Å². The maximum absolute atomic E-state index is 5.54. The second-order valence-electron chi connectivity index (χ2n) is 4.30. The molecule has 2 rings (SSSR count). The minimum Gasteiger partial charge on any atom is -0.377 e. The number of aromatic nitrogens is 1. The van der Waals surface area contributed by atoms with Gasteiger partial charge in [-0.25, -0.2) is 4.98 Å². The van der Waals surface area contributed by atoms with Crippen molar-refractivity contribution in [2.75, 3.05) is 31.2 Å². The van der Waals surface area contributed by atoms with Crippen LogP contribution >= 0.6 is 11.3 Å². The number of hydrogen-bond acceptors (Lipinski definition) is 5. The van der Waals surface area contributed by atoms with Crippen LogP contribution in [0.4, 0.5) is 5.13 Å². The lowest BCUT2D eigenvalue weighted by molar-refractivity contribution is 0.0932. The molecule has 1 aromatic rings. The second kappa shape index (κ2) is 5.61. The van der Waals surface area contributed by atoms with Crippen LogP contribution in [0.1, 0.15) is 13.8 Å². The monoisotopic (exact) mass is 241 g/mol. The molecule has 0 aromatic carbocycles. The van der Waals surface area contributed by atoms with Crippen molar-refractivity contribution in [3.63, 3.8) is 0 Å². The van der Waals surface area contributed by atoms with Gasteiger partial charge in [0.1, 0.15) is 0 Å². The summed E-state index contributed by atoms with van der Waals surface area (Å²) in [5.41, 5.74) is 0. The summed E-state index contributed by atoms with van der Waals surface area (Å²) in [6, 6.07) is 0.919. The number of thiazole rings is 1. The zero-order valence-corrected chi connectivity index (χ0v) is 10.7. The van der Waals surface area contributed by atoms with Crippen molar-refractivity contribution in [3.8, 4) is 0 Å². The molecule has 5 heteroatoms. The lowest BCUT2D eigenvalue weighted by Crippen LogP contribution is -2.51. The van der Waals surface area contributed by atoms with E-state index >= 15 is 0 Å². The third kappa shape index (κ3) is 2.93. The van der Waals surface area contributed by atoms with Crippen LogP contribution in [-0.2, 0) is 4.74 Å². The Morgan fingerprint density at radius 2 is 2.56 bits per heavy atom. The molecule has 1 saturated heterocycles. The van der Waals surface area contributed by atoms with E-state index in [2.05, 4.69) is 29.0 Å². The van der Waals surface area contributed by atoms with Gasteiger partial charge >= 0.3 is 0 Å². The summed E-state index contributed by atoms with van der Waals surface area (Å²) in [6.45, 7) is 7.82. The molecule has 1 atom stereocenters. The van der Waals surface area contributed by atoms with E-state index in [-0.39, 0.29) is 0 Å². The fraction of sp³-hybridized carbons (Fsp3) is 0.727. The number of nitrogens with zero attached hydrogens (tertiary/aromatic N) is 2. The maximum atomic E-state index is 5.54. The van der Waals surface area contributed by atoms with E-state index in [0.29, 0.717) is 12.1 Å². The predicted molar refractivity (Wildman–Crippen MR) is 67.2 cm³/mol. The molecule has 0 radical (unpaired) electrons. The first-order chi connectivity index (χ1) is 7.77. The minimum absolute atomic E-state index is 0.405. The summed E-state index contributed by atoms with van der Waals surface area (Å²) < 4.78 is 5.54. The van der Waals surface area contributed by atoms with Gasteiger partial charge in [-0.1, -0.05) is 13.8 Å². The van der Waals surface area contributed by atoms with Crippen LogP contribution in [0.5, 0.6) is 0 Å². The summed E-state index contributed by atoms with van der Waals surface area (Å²) in [6.07, 6.45) is 1.86. The van der Waals surface area contributed by atoms with E-state index in [1.807, 2.05) is 11.6 Å². The summed E-state index contributed by atoms with van der Waals surface area (Å²) >= 11 is 1.70. The maximum Gasteiger partial charge on any atom is 0.185 e. The van der Waals surface area contributed by atoms with Crippen molar-refractivity contribution in [1.82, 2.24) is 10.3 Å². The van der Waals surface area contributed by atoms with E-state index in [4.69, 9.17) is 4.74 Å². The summed E-state index contributed by atoms with van der Waals surface area (Å²) in [7, 11) is 0. The highest BCUT2D eigenvalue weighted by Gasteiger charge is 2.24. The van der Waals surface area contributed by atoms with Gasteiger partial charge in [0.2, 0.25) is 0 Å². The molecule has 90 valence electrons. The zero-order chi connectivity index (χ0) is 11.4. The average Bonchev–Trinajstić information content (AvgIpc) is 2.80. The lowest BCUT2D eigenvalue weighted by Gasteiger charge is -2.36. The molecule has 1 aliphatic heterocycles. The Labute approximate surface area is 101 Å². The van der Waals surface area contributed by atoms with Gasteiger partial charge in [0.15, 0.2) is 5.13 Å². The molecule has 0 aliphatic carbocycles. The van der Waals surface area contributed by atoms with Crippen molar-refractivity contribution in [2.45, 2.75) is 25.9 Å². The Hall–Kier alpha value is -0.650. The third-order valence-corrected chi connectivity index (χ3v) is 3.46. The first-order valence-electron chi connectivity index (χ1n) is 5.74. The number of rotatable bonds is 4. The molecule has 0 bridgehead atoms. The highest BCUT2D eigenvalue weighted by atomic mass is 32.1. The Bertz CT molecular complexity index is 302. The molecule has 0 amide bonds. The number of anilines is 1. The van der Waals surface area contributed by atoms with Crippen LogP contribution in [-0.4, -0.2) is 43.4 Å².